The SMILES string of the molecule is C#CCC1CC(C)CCC1C(=O)O. The number of carboxylic acids is 1. The molecule has 0 aromatic carbocycles. The molecule has 0 radical (unpaired) electrons. The molecule has 13 heavy (non-hydrogen) atoms. The molecule has 0 aromatic rings. The fraction of sp³-hybridized carbons (Fsp3) is 0.727. The number of rotatable bonds is 2. The summed E-state index contributed by atoms with van der Waals surface area (Å²) in [6.07, 6.45) is 8.63. The molecule has 0 spiro atoms. The average molecular weight is 180 g/mol. The fourth-order valence-corrected chi connectivity index (χ4v) is 2.20. The highest BCUT2D eigenvalue weighted by molar-refractivity contribution is 5.70. The molecule has 1 fully saturated rings. The van der Waals surface area contributed by atoms with Gasteiger partial charge in [-0.25, -0.2) is 0 Å². The lowest BCUT2D eigenvalue weighted by atomic mass is 9.73. The topological polar surface area (TPSA) is 37.3 Å². The number of terminal acetylenes is 1. The van der Waals surface area contributed by atoms with Gasteiger partial charge < -0.3 is 5.11 Å². The molecular formula is C11H16O2. The molecule has 2 nitrogen and oxygen atoms in total. The van der Waals surface area contributed by atoms with E-state index in [1.807, 2.05) is 0 Å². The second-order valence-electron chi connectivity index (χ2n) is 4.03. The van der Waals surface area contributed by atoms with Crippen LogP contribution in [0.25, 0.3) is 0 Å². The smallest absolute Gasteiger partial charge is 0.306 e. The first-order chi connectivity index (χ1) is 6.15. The van der Waals surface area contributed by atoms with Gasteiger partial charge in [-0.2, -0.15) is 0 Å². The minimum Gasteiger partial charge on any atom is -0.481 e. The van der Waals surface area contributed by atoms with E-state index in [2.05, 4.69) is 12.8 Å². The molecule has 1 rings (SSSR count). The Hall–Kier alpha value is -0.970. The molecule has 1 N–H and O–H groups in total. The van der Waals surface area contributed by atoms with Crippen LogP contribution in [-0.2, 0) is 4.79 Å². The molecule has 3 unspecified atom stereocenters. The summed E-state index contributed by atoms with van der Waals surface area (Å²) < 4.78 is 0. The van der Waals surface area contributed by atoms with Gasteiger partial charge in [0.1, 0.15) is 0 Å². The summed E-state index contributed by atoms with van der Waals surface area (Å²) in [6.45, 7) is 2.17. The van der Waals surface area contributed by atoms with E-state index in [0.717, 1.165) is 19.3 Å². The number of hydrogen-bond acceptors (Lipinski definition) is 1. The van der Waals surface area contributed by atoms with Crippen molar-refractivity contribution < 1.29 is 9.90 Å². The van der Waals surface area contributed by atoms with Crippen molar-refractivity contribution in [2.45, 2.75) is 32.6 Å². The van der Waals surface area contributed by atoms with E-state index < -0.39 is 5.97 Å². The van der Waals surface area contributed by atoms with E-state index in [1.165, 1.54) is 0 Å². The van der Waals surface area contributed by atoms with Crippen LogP contribution in [0.5, 0.6) is 0 Å². The van der Waals surface area contributed by atoms with Gasteiger partial charge in [0.25, 0.3) is 0 Å². The molecule has 1 aliphatic carbocycles. The fourth-order valence-electron chi connectivity index (χ4n) is 2.20. The first-order valence-corrected chi connectivity index (χ1v) is 4.81. The molecule has 0 heterocycles. The molecule has 0 aliphatic heterocycles. The zero-order valence-electron chi connectivity index (χ0n) is 7.99. The van der Waals surface area contributed by atoms with E-state index in [4.69, 9.17) is 11.5 Å². The molecule has 0 amide bonds. The van der Waals surface area contributed by atoms with Gasteiger partial charge in [-0.1, -0.05) is 6.92 Å². The molecule has 0 aromatic heterocycles. The van der Waals surface area contributed by atoms with Crippen LogP contribution < -0.4 is 0 Å². The van der Waals surface area contributed by atoms with Gasteiger partial charge in [-0.3, -0.25) is 4.79 Å². The van der Waals surface area contributed by atoms with Crippen LogP contribution in [0.15, 0.2) is 0 Å². The summed E-state index contributed by atoms with van der Waals surface area (Å²) in [5.74, 6) is 2.54. The summed E-state index contributed by atoms with van der Waals surface area (Å²) in [4.78, 5) is 10.9. The lowest BCUT2D eigenvalue weighted by Crippen LogP contribution is -2.29. The minimum atomic E-state index is -0.674. The van der Waals surface area contributed by atoms with Crippen molar-refractivity contribution >= 4 is 5.97 Å². The van der Waals surface area contributed by atoms with Crippen molar-refractivity contribution in [3.8, 4) is 12.3 Å². The van der Waals surface area contributed by atoms with Crippen LogP contribution >= 0.6 is 0 Å². The average Bonchev–Trinajstić information content (AvgIpc) is 2.04. The number of carbonyl (C=O) groups is 1. The van der Waals surface area contributed by atoms with Crippen molar-refractivity contribution in [3.05, 3.63) is 0 Å². The lowest BCUT2D eigenvalue weighted by Gasteiger charge is -2.31. The third-order valence-electron chi connectivity index (χ3n) is 2.94. The Morgan fingerprint density at radius 2 is 2.31 bits per heavy atom. The van der Waals surface area contributed by atoms with Crippen LogP contribution in [0.1, 0.15) is 32.6 Å². The van der Waals surface area contributed by atoms with Crippen LogP contribution in [0.2, 0.25) is 0 Å². The van der Waals surface area contributed by atoms with Gasteiger partial charge in [0.2, 0.25) is 0 Å². The Morgan fingerprint density at radius 3 is 2.85 bits per heavy atom. The van der Waals surface area contributed by atoms with Gasteiger partial charge in [-0.15, -0.1) is 12.3 Å². The molecule has 1 aliphatic rings. The van der Waals surface area contributed by atoms with Crippen molar-refractivity contribution in [2.24, 2.45) is 17.8 Å². The van der Waals surface area contributed by atoms with Crippen LogP contribution in [0.3, 0.4) is 0 Å². The van der Waals surface area contributed by atoms with Crippen molar-refractivity contribution in [2.75, 3.05) is 0 Å². The maximum atomic E-state index is 10.9. The predicted octanol–water partition coefficient (Wildman–Crippen LogP) is 2.15. The lowest BCUT2D eigenvalue weighted by molar-refractivity contribution is -0.145. The van der Waals surface area contributed by atoms with Crippen molar-refractivity contribution in [3.63, 3.8) is 0 Å². The Balaban J connectivity index is 2.61. The van der Waals surface area contributed by atoms with E-state index in [9.17, 15) is 4.79 Å². The van der Waals surface area contributed by atoms with Crippen molar-refractivity contribution in [1.29, 1.82) is 0 Å². The molecule has 3 atom stereocenters. The third-order valence-corrected chi connectivity index (χ3v) is 2.94. The third kappa shape index (κ3) is 2.48. The first-order valence-electron chi connectivity index (χ1n) is 4.81. The van der Waals surface area contributed by atoms with Crippen LogP contribution in [0, 0.1) is 30.1 Å². The molecule has 2 heteroatoms. The summed E-state index contributed by atoms with van der Waals surface area (Å²) in [7, 11) is 0. The number of hydrogen-bond donors (Lipinski definition) is 1. The molecular weight excluding hydrogens is 164 g/mol. The van der Waals surface area contributed by atoms with E-state index >= 15 is 0 Å². The largest absolute Gasteiger partial charge is 0.481 e. The molecule has 0 saturated heterocycles. The Kier molecular flexibility index (Phi) is 3.36. The highest BCUT2D eigenvalue weighted by Crippen LogP contribution is 2.35. The number of aliphatic carboxylic acids is 1. The Labute approximate surface area is 79.3 Å². The second-order valence-corrected chi connectivity index (χ2v) is 4.03. The zero-order valence-corrected chi connectivity index (χ0v) is 7.99. The van der Waals surface area contributed by atoms with Gasteiger partial charge in [-0.05, 0) is 31.1 Å². The summed E-state index contributed by atoms with van der Waals surface area (Å²) in [6, 6.07) is 0. The minimum absolute atomic E-state index is 0.200. The quantitative estimate of drug-likeness (QED) is 0.661. The Morgan fingerprint density at radius 1 is 1.62 bits per heavy atom. The summed E-state index contributed by atoms with van der Waals surface area (Å²) >= 11 is 0. The highest BCUT2D eigenvalue weighted by Gasteiger charge is 2.32. The zero-order chi connectivity index (χ0) is 9.84. The van der Waals surface area contributed by atoms with Gasteiger partial charge in [0.15, 0.2) is 0 Å². The van der Waals surface area contributed by atoms with Gasteiger partial charge >= 0.3 is 5.97 Å². The van der Waals surface area contributed by atoms with Crippen LogP contribution in [0.4, 0.5) is 0 Å². The molecule has 1 saturated carbocycles. The van der Waals surface area contributed by atoms with E-state index in [0.29, 0.717) is 12.3 Å². The van der Waals surface area contributed by atoms with Crippen molar-refractivity contribution in [1.82, 2.24) is 0 Å². The van der Waals surface area contributed by atoms with E-state index in [-0.39, 0.29) is 11.8 Å². The van der Waals surface area contributed by atoms with E-state index in [1.54, 1.807) is 0 Å². The summed E-state index contributed by atoms with van der Waals surface area (Å²) in [5, 5.41) is 8.95. The normalized spacial score (nSPS) is 33.7. The summed E-state index contributed by atoms with van der Waals surface area (Å²) in [5.41, 5.74) is 0. The first kappa shape index (κ1) is 10.1. The second kappa shape index (κ2) is 4.32. The van der Waals surface area contributed by atoms with Gasteiger partial charge in [0.05, 0.1) is 5.92 Å². The Bertz CT molecular complexity index is 227. The maximum absolute atomic E-state index is 10.9. The van der Waals surface area contributed by atoms with Gasteiger partial charge in [0, 0.05) is 6.42 Å². The maximum Gasteiger partial charge on any atom is 0.306 e. The monoisotopic (exact) mass is 180 g/mol. The van der Waals surface area contributed by atoms with Crippen LogP contribution in [-0.4, -0.2) is 11.1 Å². The predicted molar refractivity (Wildman–Crippen MR) is 51.1 cm³/mol. The highest BCUT2D eigenvalue weighted by atomic mass is 16.4. The molecule has 0 bridgehead atoms. The standard InChI is InChI=1S/C11H16O2/c1-3-4-9-7-8(2)5-6-10(9)11(12)13/h1,8-10H,4-7H2,2H3,(H,12,13). The molecule has 72 valence electrons. The number of carboxylic acid groups (broad SMARTS) is 1.